The molecule has 148 valence electrons. The first kappa shape index (κ1) is 24.1. The SMILES string of the molecule is CSCCC(N)C(=O)O.O=C(O)C(Cc1ccc(F)c(F)c1F)N(F)F. The van der Waals surface area contributed by atoms with E-state index in [2.05, 4.69) is 0 Å². The summed E-state index contributed by atoms with van der Waals surface area (Å²) in [6, 6.07) is -1.76. The molecule has 0 saturated carbocycles. The molecule has 0 heterocycles. The van der Waals surface area contributed by atoms with E-state index in [4.69, 9.17) is 15.9 Å². The van der Waals surface area contributed by atoms with Gasteiger partial charge in [0.2, 0.25) is 0 Å². The van der Waals surface area contributed by atoms with Crippen LogP contribution in [0, 0.1) is 17.5 Å². The Labute approximate surface area is 149 Å². The van der Waals surface area contributed by atoms with Crippen LogP contribution in [-0.2, 0) is 16.0 Å². The Morgan fingerprint density at radius 2 is 1.73 bits per heavy atom. The molecule has 0 radical (unpaired) electrons. The fourth-order valence-electron chi connectivity index (χ4n) is 1.54. The number of benzene rings is 1. The third-order valence-electron chi connectivity index (χ3n) is 3.00. The molecule has 0 bridgehead atoms. The van der Waals surface area contributed by atoms with Crippen LogP contribution in [0.1, 0.15) is 12.0 Å². The number of rotatable bonds is 8. The topological polar surface area (TPSA) is 104 Å². The van der Waals surface area contributed by atoms with Gasteiger partial charge in [-0.25, -0.2) is 13.2 Å². The molecular weight excluding hydrogens is 387 g/mol. The van der Waals surface area contributed by atoms with Crippen molar-refractivity contribution in [2.45, 2.75) is 24.9 Å². The van der Waals surface area contributed by atoms with Gasteiger partial charge in [-0.05, 0) is 30.1 Å². The number of halogens is 5. The van der Waals surface area contributed by atoms with Gasteiger partial charge >= 0.3 is 11.9 Å². The molecule has 1 rings (SSSR count). The Morgan fingerprint density at radius 1 is 1.15 bits per heavy atom. The van der Waals surface area contributed by atoms with Crippen LogP contribution in [-0.4, -0.2) is 51.6 Å². The van der Waals surface area contributed by atoms with E-state index in [-0.39, 0.29) is 0 Å². The van der Waals surface area contributed by atoms with Crippen LogP contribution >= 0.6 is 11.8 Å². The first-order valence-electron chi connectivity index (χ1n) is 6.96. The molecule has 4 N–H and O–H groups in total. The highest BCUT2D eigenvalue weighted by Gasteiger charge is 2.29. The number of aliphatic carboxylic acids is 2. The lowest BCUT2D eigenvalue weighted by molar-refractivity contribution is -0.201. The van der Waals surface area contributed by atoms with E-state index in [0.717, 1.165) is 5.75 Å². The maximum atomic E-state index is 13.1. The van der Waals surface area contributed by atoms with E-state index in [9.17, 15) is 31.7 Å². The lowest BCUT2D eigenvalue weighted by Gasteiger charge is -2.12. The van der Waals surface area contributed by atoms with Gasteiger partial charge in [-0.15, -0.1) is 8.96 Å². The zero-order chi connectivity index (χ0) is 20.4. The summed E-state index contributed by atoms with van der Waals surface area (Å²) in [5.41, 5.74) is 4.55. The van der Waals surface area contributed by atoms with Gasteiger partial charge in [-0.2, -0.15) is 11.8 Å². The normalized spacial score (nSPS) is 12.9. The Kier molecular flexibility index (Phi) is 10.8. The van der Waals surface area contributed by atoms with Crippen molar-refractivity contribution in [3.63, 3.8) is 0 Å². The lowest BCUT2D eigenvalue weighted by Crippen LogP contribution is -2.33. The van der Waals surface area contributed by atoms with Crippen LogP contribution in [0.15, 0.2) is 12.1 Å². The van der Waals surface area contributed by atoms with Crippen LogP contribution in [0.4, 0.5) is 22.1 Å². The number of nitrogens with two attached hydrogens (primary N) is 1. The predicted molar refractivity (Wildman–Crippen MR) is 84.1 cm³/mol. The zero-order valence-electron chi connectivity index (χ0n) is 13.5. The van der Waals surface area contributed by atoms with E-state index in [0.29, 0.717) is 18.6 Å². The van der Waals surface area contributed by atoms with Gasteiger partial charge in [0.15, 0.2) is 23.5 Å². The molecule has 0 aliphatic carbocycles. The molecular formula is C14H17F5N2O4S. The van der Waals surface area contributed by atoms with Crippen molar-refractivity contribution in [3.8, 4) is 0 Å². The van der Waals surface area contributed by atoms with Gasteiger partial charge < -0.3 is 15.9 Å². The van der Waals surface area contributed by atoms with E-state index >= 15 is 0 Å². The number of carbonyl (C=O) groups is 2. The number of carboxylic acid groups (broad SMARTS) is 2. The monoisotopic (exact) mass is 404 g/mol. The van der Waals surface area contributed by atoms with E-state index in [1.807, 2.05) is 6.26 Å². The van der Waals surface area contributed by atoms with Crippen molar-refractivity contribution >= 4 is 23.7 Å². The maximum absolute atomic E-state index is 13.1. The Morgan fingerprint density at radius 3 is 2.15 bits per heavy atom. The van der Waals surface area contributed by atoms with Crippen molar-refractivity contribution in [1.82, 2.24) is 5.34 Å². The molecule has 12 heteroatoms. The fourth-order valence-corrected chi connectivity index (χ4v) is 2.03. The smallest absolute Gasteiger partial charge is 0.326 e. The molecule has 2 atom stereocenters. The Bertz CT molecular complexity index is 621. The van der Waals surface area contributed by atoms with Gasteiger partial charge in [-0.3, -0.25) is 9.59 Å². The lowest BCUT2D eigenvalue weighted by atomic mass is 10.1. The summed E-state index contributed by atoms with van der Waals surface area (Å²) in [4.78, 5) is 20.5. The van der Waals surface area contributed by atoms with Gasteiger partial charge in [0, 0.05) is 11.8 Å². The summed E-state index contributed by atoms with van der Waals surface area (Å²) in [6.45, 7) is 0. The van der Waals surface area contributed by atoms with Gasteiger partial charge in [0.25, 0.3) is 0 Å². The highest BCUT2D eigenvalue weighted by Crippen LogP contribution is 2.18. The number of carboxylic acids is 2. The average molecular weight is 404 g/mol. The molecule has 6 nitrogen and oxygen atoms in total. The molecule has 0 saturated heterocycles. The third kappa shape index (κ3) is 7.97. The molecule has 0 aliphatic rings. The summed E-state index contributed by atoms with van der Waals surface area (Å²) in [7, 11) is 0. The van der Waals surface area contributed by atoms with Crippen LogP contribution in [0.3, 0.4) is 0 Å². The molecule has 2 unspecified atom stereocenters. The minimum absolute atomic E-state index is 0.535. The minimum Gasteiger partial charge on any atom is -0.480 e. The largest absolute Gasteiger partial charge is 0.480 e. The first-order chi connectivity index (χ1) is 12.0. The highest BCUT2D eigenvalue weighted by atomic mass is 32.2. The summed E-state index contributed by atoms with van der Waals surface area (Å²) < 4.78 is 62.6. The number of nitrogens with zero attached hydrogens (tertiary/aromatic N) is 1. The van der Waals surface area contributed by atoms with Crippen molar-refractivity contribution < 1.29 is 41.9 Å². The third-order valence-corrected chi connectivity index (χ3v) is 3.64. The second-order valence-corrected chi connectivity index (χ2v) is 5.86. The van der Waals surface area contributed by atoms with E-state index in [1.54, 1.807) is 11.8 Å². The number of hydrogen-bond acceptors (Lipinski definition) is 5. The summed E-state index contributed by atoms with van der Waals surface area (Å²) >= 11 is 1.60. The van der Waals surface area contributed by atoms with Crippen molar-refractivity contribution in [1.29, 1.82) is 0 Å². The quantitative estimate of drug-likeness (QED) is 0.347. The van der Waals surface area contributed by atoms with Gasteiger partial charge in [-0.1, -0.05) is 6.07 Å². The van der Waals surface area contributed by atoms with Gasteiger partial charge in [0.1, 0.15) is 6.04 Å². The molecule has 0 aromatic heterocycles. The Hall–Kier alpha value is -1.92. The zero-order valence-corrected chi connectivity index (χ0v) is 14.3. The maximum Gasteiger partial charge on any atom is 0.326 e. The second-order valence-electron chi connectivity index (χ2n) is 4.88. The molecule has 0 amide bonds. The number of hydrogen-bond donors (Lipinski definition) is 3. The fraction of sp³-hybridized carbons (Fsp3) is 0.429. The highest BCUT2D eigenvalue weighted by molar-refractivity contribution is 7.98. The van der Waals surface area contributed by atoms with Crippen LogP contribution in [0.25, 0.3) is 0 Å². The molecule has 0 aliphatic heterocycles. The summed E-state index contributed by atoms with van der Waals surface area (Å²) in [6.07, 6.45) is 1.50. The van der Waals surface area contributed by atoms with Crippen LogP contribution < -0.4 is 5.73 Å². The van der Waals surface area contributed by atoms with Crippen molar-refractivity contribution in [2.24, 2.45) is 5.73 Å². The molecule has 26 heavy (non-hydrogen) atoms. The van der Waals surface area contributed by atoms with Crippen molar-refractivity contribution in [2.75, 3.05) is 12.0 Å². The summed E-state index contributed by atoms with van der Waals surface area (Å²) in [5, 5.41) is 15.0. The molecule has 0 spiro atoms. The molecule has 1 aromatic rings. The van der Waals surface area contributed by atoms with E-state index in [1.165, 1.54) is 0 Å². The van der Waals surface area contributed by atoms with Crippen LogP contribution in [0.2, 0.25) is 0 Å². The summed E-state index contributed by atoms with van der Waals surface area (Å²) in [5.74, 6) is -6.97. The van der Waals surface area contributed by atoms with Gasteiger partial charge in [0.05, 0.1) is 0 Å². The van der Waals surface area contributed by atoms with Crippen molar-refractivity contribution in [3.05, 3.63) is 35.1 Å². The standard InChI is InChI=1S/C9H6F5NO2.C5H11NO2S/c10-5-2-1-4(7(11)8(5)12)3-6(9(16)17)15(13)14;1-9-3-2-4(6)5(7)8/h1-2,6H,3H2,(H,16,17);4H,2-3,6H2,1H3,(H,7,8). The average Bonchev–Trinajstić information content (AvgIpc) is 2.56. The number of thioether (sulfide) groups is 1. The second kappa shape index (κ2) is 11.6. The first-order valence-corrected chi connectivity index (χ1v) is 8.35. The molecule has 1 aromatic carbocycles. The molecule has 0 fully saturated rings. The Balaban J connectivity index is 0.000000590. The van der Waals surface area contributed by atoms with E-state index < -0.39 is 58.8 Å². The minimum atomic E-state index is -2.32. The van der Waals surface area contributed by atoms with Crippen LogP contribution in [0.5, 0.6) is 0 Å². The predicted octanol–water partition coefficient (Wildman–Crippen LogP) is 2.32.